The van der Waals surface area contributed by atoms with Crippen molar-refractivity contribution in [2.24, 2.45) is 0 Å². The lowest BCUT2D eigenvalue weighted by Gasteiger charge is -2.36. The molecular weight excluding hydrogens is 394 g/mol. The minimum Gasteiger partial charge on any atom is -0.333 e. The van der Waals surface area contributed by atoms with E-state index in [1.807, 2.05) is 26.8 Å². The Hall–Kier alpha value is -2.79. The number of carbonyl (C=O) groups is 3. The van der Waals surface area contributed by atoms with Gasteiger partial charge in [-0.05, 0) is 51.8 Å². The summed E-state index contributed by atoms with van der Waals surface area (Å²) in [5.74, 6) is -0.361. The quantitative estimate of drug-likeness (QED) is 0.713. The van der Waals surface area contributed by atoms with E-state index in [0.29, 0.717) is 24.2 Å². The number of piperazine rings is 1. The summed E-state index contributed by atoms with van der Waals surface area (Å²) in [7, 11) is 0. The number of benzene rings is 1. The molecule has 3 saturated heterocycles. The Balaban J connectivity index is 1.65. The molecule has 0 saturated carbocycles. The van der Waals surface area contributed by atoms with Crippen LogP contribution in [0, 0.1) is 18.3 Å². The summed E-state index contributed by atoms with van der Waals surface area (Å²) in [5.41, 5.74) is 0.778. The summed E-state index contributed by atoms with van der Waals surface area (Å²) in [4.78, 5) is 43.5. The minimum atomic E-state index is -0.694. The van der Waals surface area contributed by atoms with Crippen molar-refractivity contribution in [1.82, 2.24) is 15.1 Å². The SMILES string of the molecule is Cc1c(N2C(=O)[C@H]3C4CC(CN4C(=O)NC(C)(C)C)N3C2=O)ccc(C#N)c1Cl. The maximum atomic E-state index is 13.3. The van der Waals surface area contributed by atoms with Crippen molar-refractivity contribution in [2.45, 2.75) is 57.8 Å². The lowest BCUT2D eigenvalue weighted by molar-refractivity contribution is -0.121. The number of hydrogen-bond donors (Lipinski definition) is 1. The number of amides is 5. The van der Waals surface area contributed by atoms with Crippen LogP contribution in [0.4, 0.5) is 15.3 Å². The first-order valence-corrected chi connectivity index (χ1v) is 9.87. The summed E-state index contributed by atoms with van der Waals surface area (Å²) in [6, 6.07) is 3.23. The highest BCUT2D eigenvalue weighted by atomic mass is 35.5. The molecule has 0 radical (unpaired) electrons. The van der Waals surface area contributed by atoms with E-state index in [2.05, 4.69) is 5.32 Å². The van der Waals surface area contributed by atoms with Crippen molar-refractivity contribution in [2.75, 3.05) is 11.4 Å². The lowest BCUT2D eigenvalue weighted by Crippen LogP contribution is -2.59. The van der Waals surface area contributed by atoms with Gasteiger partial charge in [-0.2, -0.15) is 5.26 Å². The number of nitrogens with one attached hydrogen (secondary N) is 1. The van der Waals surface area contributed by atoms with E-state index in [-0.39, 0.29) is 34.6 Å². The van der Waals surface area contributed by atoms with E-state index >= 15 is 0 Å². The van der Waals surface area contributed by atoms with Crippen LogP contribution in [0.2, 0.25) is 5.02 Å². The number of hydrogen-bond acceptors (Lipinski definition) is 4. The number of likely N-dealkylation sites (tertiary alicyclic amines) is 1. The van der Waals surface area contributed by atoms with Gasteiger partial charge < -0.3 is 15.1 Å². The molecule has 1 aromatic carbocycles. The maximum absolute atomic E-state index is 13.3. The third-order valence-electron chi connectivity index (χ3n) is 5.73. The van der Waals surface area contributed by atoms with Crippen LogP contribution in [0.1, 0.15) is 38.3 Å². The Morgan fingerprint density at radius 3 is 2.62 bits per heavy atom. The zero-order valence-electron chi connectivity index (χ0n) is 16.7. The number of nitrogens with zero attached hydrogens (tertiary/aromatic N) is 4. The number of rotatable bonds is 1. The van der Waals surface area contributed by atoms with Gasteiger partial charge in [-0.15, -0.1) is 0 Å². The van der Waals surface area contributed by atoms with Gasteiger partial charge in [0.25, 0.3) is 5.91 Å². The van der Waals surface area contributed by atoms with E-state index in [1.165, 1.54) is 6.07 Å². The van der Waals surface area contributed by atoms with Gasteiger partial charge in [-0.3, -0.25) is 4.79 Å². The molecule has 4 rings (SSSR count). The van der Waals surface area contributed by atoms with E-state index in [9.17, 15) is 14.4 Å². The average molecular weight is 416 g/mol. The molecule has 2 bridgehead atoms. The Morgan fingerprint density at radius 1 is 1.31 bits per heavy atom. The van der Waals surface area contributed by atoms with Crippen LogP contribution in [0.15, 0.2) is 12.1 Å². The highest BCUT2D eigenvalue weighted by molar-refractivity contribution is 6.33. The van der Waals surface area contributed by atoms with Crippen molar-refractivity contribution in [1.29, 1.82) is 5.26 Å². The fourth-order valence-corrected chi connectivity index (χ4v) is 4.71. The fraction of sp³-hybridized carbons (Fsp3) is 0.500. The summed E-state index contributed by atoms with van der Waals surface area (Å²) >= 11 is 6.24. The maximum Gasteiger partial charge on any atom is 0.332 e. The third-order valence-corrected chi connectivity index (χ3v) is 6.21. The molecular formula is C20H22ClN5O3. The fourth-order valence-electron chi connectivity index (χ4n) is 4.51. The number of fused-ring (bicyclic) bond motifs is 5. The Labute approximate surface area is 174 Å². The van der Waals surface area contributed by atoms with Crippen LogP contribution < -0.4 is 10.2 Å². The van der Waals surface area contributed by atoms with Crippen LogP contribution in [0.3, 0.4) is 0 Å². The summed E-state index contributed by atoms with van der Waals surface area (Å²) in [6.07, 6.45) is 0.598. The van der Waals surface area contributed by atoms with Gasteiger partial charge in [0.05, 0.1) is 28.4 Å². The number of nitriles is 1. The molecule has 1 N–H and O–H groups in total. The molecule has 5 amide bonds. The van der Waals surface area contributed by atoms with E-state index in [4.69, 9.17) is 16.9 Å². The summed E-state index contributed by atoms with van der Waals surface area (Å²) < 4.78 is 0. The minimum absolute atomic E-state index is 0.189. The first-order valence-electron chi connectivity index (χ1n) is 9.49. The van der Waals surface area contributed by atoms with Crippen LogP contribution >= 0.6 is 11.6 Å². The molecule has 1 aromatic rings. The van der Waals surface area contributed by atoms with Gasteiger partial charge in [0.1, 0.15) is 12.1 Å². The van der Waals surface area contributed by atoms with E-state index in [1.54, 1.807) is 22.8 Å². The second-order valence-corrected chi connectivity index (χ2v) is 9.16. The topological polar surface area (TPSA) is 96.8 Å². The van der Waals surface area contributed by atoms with Crippen LogP contribution in [0.25, 0.3) is 0 Å². The second-order valence-electron chi connectivity index (χ2n) is 8.78. The van der Waals surface area contributed by atoms with Crippen molar-refractivity contribution < 1.29 is 14.4 Å². The molecule has 2 unspecified atom stereocenters. The van der Waals surface area contributed by atoms with Gasteiger partial charge >= 0.3 is 12.1 Å². The van der Waals surface area contributed by atoms with Crippen LogP contribution in [-0.4, -0.2) is 58.0 Å². The van der Waals surface area contributed by atoms with Crippen molar-refractivity contribution >= 4 is 35.3 Å². The van der Waals surface area contributed by atoms with Crippen molar-refractivity contribution in [3.8, 4) is 6.07 Å². The van der Waals surface area contributed by atoms with Gasteiger partial charge in [0.15, 0.2) is 0 Å². The Morgan fingerprint density at radius 2 is 2.00 bits per heavy atom. The van der Waals surface area contributed by atoms with Crippen LogP contribution in [0.5, 0.6) is 0 Å². The standard InChI is InChI=1S/C20H22ClN5O3/c1-10-13(6-5-11(8-22)15(10)21)26-17(27)16-14-7-12(25(16)19(26)29)9-24(14)18(28)23-20(2,3)4/h5-6,12,14,16H,7,9H2,1-4H3,(H,23,28)/t12?,14?,16-/m1/s1. The van der Waals surface area contributed by atoms with Gasteiger partial charge in [-0.25, -0.2) is 14.5 Å². The van der Waals surface area contributed by atoms with Gasteiger partial charge in [-0.1, -0.05) is 11.6 Å². The molecule has 29 heavy (non-hydrogen) atoms. The molecule has 9 heteroatoms. The van der Waals surface area contributed by atoms with Crippen molar-refractivity contribution in [3.05, 3.63) is 28.3 Å². The largest absolute Gasteiger partial charge is 0.333 e. The smallest absolute Gasteiger partial charge is 0.332 e. The molecule has 3 aliphatic heterocycles. The highest BCUT2D eigenvalue weighted by Gasteiger charge is 2.63. The molecule has 3 heterocycles. The lowest BCUT2D eigenvalue weighted by atomic mass is 10.1. The number of halogens is 1. The number of imide groups is 1. The van der Waals surface area contributed by atoms with Gasteiger partial charge in [0, 0.05) is 12.1 Å². The Kier molecular flexibility index (Phi) is 4.28. The Bertz CT molecular complexity index is 980. The summed E-state index contributed by atoms with van der Waals surface area (Å²) in [6.45, 7) is 7.78. The van der Waals surface area contributed by atoms with Crippen molar-refractivity contribution in [3.63, 3.8) is 0 Å². The van der Waals surface area contributed by atoms with Gasteiger partial charge in [0.2, 0.25) is 0 Å². The first-order chi connectivity index (χ1) is 13.5. The number of anilines is 1. The monoisotopic (exact) mass is 415 g/mol. The average Bonchev–Trinajstić information content (AvgIpc) is 3.28. The molecule has 3 aliphatic rings. The number of carbonyl (C=O) groups excluding carboxylic acids is 3. The first kappa shape index (κ1) is 19.5. The molecule has 3 fully saturated rings. The van der Waals surface area contributed by atoms with E-state index < -0.39 is 17.6 Å². The molecule has 0 aliphatic carbocycles. The zero-order valence-corrected chi connectivity index (χ0v) is 17.4. The second kappa shape index (κ2) is 6.36. The van der Waals surface area contributed by atoms with Crippen LogP contribution in [-0.2, 0) is 4.79 Å². The third kappa shape index (κ3) is 2.84. The van der Waals surface area contributed by atoms with E-state index in [0.717, 1.165) is 4.90 Å². The molecule has 3 atom stereocenters. The normalized spacial score (nSPS) is 25.5. The summed E-state index contributed by atoms with van der Waals surface area (Å²) in [5, 5.41) is 12.3. The highest BCUT2D eigenvalue weighted by Crippen LogP contribution is 2.43. The molecule has 8 nitrogen and oxygen atoms in total. The molecule has 0 aromatic heterocycles. The zero-order chi connectivity index (χ0) is 21.2. The number of urea groups is 2. The predicted octanol–water partition coefficient (Wildman–Crippen LogP) is 2.62. The predicted molar refractivity (Wildman–Crippen MR) is 107 cm³/mol. The molecule has 152 valence electrons. The molecule has 0 spiro atoms.